The predicted molar refractivity (Wildman–Crippen MR) is 105 cm³/mol. The van der Waals surface area contributed by atoms with E-state index in [1.807, 2.05) is 11.0 Å². The Morgan fingerprint density at radius 3 is 2.38 bits per heavy atom. The second kappa shape index (κ2) is 8.59. The summed E-state index contributed by atoms with van der Waals surface area (Å²) in [5.74, 6) is -0.486. The molecule has 1 fully saturated rings. The van der Waals surface area contributed by atoms with E-state index in [2.05, 4.69) is 9.46 Å². The van der Waals surface area contributed by atoms with Gasteiger partial charge in [0.1, 0.15) is 5.75 Å². The normalized spacial score (nSPS) is 18.0. The van der Waals surface area contributed by atoms with Crippen molar-refractivity contribution in [2.45, 2.75) is 30.1 Å². The van der Waals surface area contributed by atoms with E-state index in [1.165, 1.54) is 0 Å². The highest BCUT2D eigenvalue weighted by Crippen LogP contribution is 2.29. The van der Waals surface area contributed by atoms with Gasteiger partial charge in [0.25, 0.3) is 0 Å². The van der Waals surface area contributed by atoms with Gasteiger partial charge in [-0.3, -0.25) is 0 Å². The third-order valence-corrected chi connectivity index (χ3v) is 6.65. The predicted octanol–water partition coefficient (Wildman–Crippen LogP) is 4.84. The third-order valence-electron chi connectivity index (χ3n) is 4.38. The van der Waals surface area contributed by atoms with Crippen LogP contribution in [0.2, 0.25) is 10.0 Å². The summed E-state index contributed by atoms with van der Waals surface area (Å²) in [4.78, 5) is 1.86. The van der Waals surface area contributed by atoms with Crippen LogP contribution in [0.15, 0.2) is 47.4 Å². The first-order valence-electron chi connectivity index (χ1n) is 8.62. The number of anilines is 1. The van der Waals surface area contributed by atoms with Gasteiger partial charge in [-0.2, -0.15) is 0 Å². The van der Waals surface area contributed by atoms with E-state index >= 15 is 0 Å². The Balaban J connectivity index is 1.68. The van der Waals surface area contributed by atoms with Crippen LogP contribution < -0.4 is 14.4 Å². The van der Waals surface area contributed by atoms with Gasteiger partial charge in [-0.05, 0) is 55.3 Å². The number of ether oxygens (including phenoxy) is 1. The average molecular weight is 469 g/mol. The number of nitrogens with one attached hydrogen (secondary N) is 1. The molecule has 1 N–H and O–H groups in total. The van der Waals surface area contributed by atoms with Gasteiger partial charge in [0.2, 0.25) is 10.0 Å². The van der Waals surface area contributed by atoms with E-state index < -0.39 is 22.1 Å². The van der Waals surface area contributed by atoms with Crippen LogP contribution >= 0.6 is 23.2 Å². The van der Waals surface area contributed by atoms with E-state index in [-0.39, 0.29) is 10.9 Å². The van der Waals surface area contributed by atoms with Gasteiger partial charge in [0.05, 0.1) is 14.9 Å². The Morgan fingerprint density at radius 2 is 1.76 bits per heavy atom. The zero-order chi connectivity index (χ0) is 21.2. The number of rotatable bonds is 5. The molecule has 0 amide bonds. The largest absolute Gasteiger partial charge is 0.573 e. The number of hydrogen-bond donors (Lipinski definition) is 1. The lowest BCUT2D eigenvalue weighted by Gasteiger charge is -2.34. The molecule has 1 saturated heterocycles. The molecule has 29 heavy (non-hydrogen) atoms. The van der Waals surface area contributed by atoms with Crippen molar-refractivity contribution in [3.05, 3.63) is 52.5 Å². The molecule has 0 bridgehead atoms. The van der Waals surface area contributed by atoms with Gasteiger partial charge in [-0.25, -0.2) is 13.1 Å². The Labute approximate surface area is 176 Å². The molecule has 0 radical (unpaired) electrons. The molecular weight excluding hydrogens is 452 g/mol. The maximum absolute atomic E-state index is 12.6. The summed E-state index contributed by atoms with van der Waals surface area (Å²) < 4.78 is 68.3. The van der Waals surface area contributed by atoms with Crippen molar-refractivity contribution in [2.24, 2.45) is 0 Å². The molecule has 2 aromatic carbocycles. The third kappa shape index (κ3) is 5.91. The molecule has 1 aliphatic heterocycles. The summed E-state index contributed by atoms with van der Waals surface area (Å²) in [6.07, 6.45) is -3.45. The topological polar surface area (TPSA) is 58.6 Å². The van der Waals surface area contributed by atoms with Gasteiger partial charge < -0.3 is 9.64 Å². The van der Waals surface area contributed by atoms with E-state index in [4.69, 9.17) is 23.2 Å². The lowest BCUT2D eigenvalue weighted by atomic mass is 10.1. The Morgan fingerprint density at radius 1 is 1.07 bits per heavy atom. The Bertz CT molecular complexity index is 969. The minimum Gasteiger partial charge on any atom is -0.406 e. The fourth-order valence-corrected chi connectivity index (χ4v) is 4.65. The number of benzene rings is 2. The molecule has 158 valence electrons. The number of nitrogens with zero attached hydrogens (tertiary/aromatic N) is 1. The van der Waals surface area contributed by atoms with E-state index in [0.29, 0.717) is 23.0 Å². The number of halogens is 5. The van der Waals surface area contributed by atoms with Crippen LogP contribution in [-0.2, 0) is 10.0 Å². The van der Waals surface area contributed by atoms with E-state index in [0.717, 1.165) is 42.9 Å². The number of alkyl halides is 3. The summed E-state index contributed by atoms with van der Waals surface area (Å²) in [7, 11) is -3.90. The van der Waals surface area contributed by atoms with Gasteiger partial charge in [0, 0.05) is 24.8 Å². The van der Waals surface area contributed by atoms with Crippen LogP contribution in [0.5, 0.6) is 5.75 Å². The first kappa shape index (κ1) is 22.0. The monoisotopic (exact) mass is 468 g/mol. The molecule has 3 rings (SSSR count). The van der Waals surface area contributed by atoms with Crippen LogP contribution in [0.25, 0.3) is 0 Å². The Hall–Kier alpha value is -1.68. The molecule has 0 aliphatic carbocycles. The number of hydrogen-bond acceptors (Lipinski definition) is 4. The molecule has 0 unspecified atom stereocenters. The maximum atomic E-state index is 12.6. The fraction of sp³-hybridized carbons (Fsp3) is 0.333. The molecular formula is C18H17Cl2F3N2O3S. The van der Waals surface area contributed by atoms with Gasteiger partial charge >= 0.3 is 6.36 Å². The van der Waals surface area contributed by atoms with Crippen molar-refractivity contribution in [3.8, 4) is 5.75 Å². The fourth-order valence-electron chi connectivity index (χ4n) is 3.10. The van der Waals surface area contributed by atoms with Gasteiger partial charge in [0.15, 0.2) is 0 Å². The van der Waals surface area contributed by atoms with Crippen LogP contribution in [0.1, 0.15) is 12.8 Å². The van der Waals surface area contributed by atoms with Crippen molar-refractivity contribution in [3.63, 3.8) is 0 Å². The van der Waals surface area contributed by atoms with Crippen molar-refractivity contribution in [1.29, 1.82) is 0 Å². The SMILES string of the molecule is O=S(=O)(N[C@@H]1CCCN(c2ccc(Cl)c(Cl)c2)C1)c1ccc(OC(F)(F)F)cc1. The van der Waals surface area contributed by atoms with Crippen LogP contribution in [-0.4, -0.2) is 33.9 Å². The van der Waals surface area contributed by atoms with Crippen molar-refractivity contribution >= 4 is 38.9 Å². The summed E-state index contributed by atoms with van der Waals surface area (Å²) in [6, 6.07) is 8.92. The smallest absolute Gasteiger partial charge is 0.406 e. The molecule has 0 aromatic heterocycles. The van der Waals surface area contributed by atoms with Crippen LogP contribution in [0.4, 0.5) is 18.9 Å². The highest BCUT2D eigenvalue weighted by molar-refractivity contribution is 7.89. The molecule has 0 saturated carbocycles. The summed E-state index contributed by atoms with van der Waals surface area (Å²) >= 11 is 12.0. The lowest BCUT2D eigenvalue weighted by Crippen LogP contribution is -2.47. The number of piperidine rings is 1. The van der Waals surface area contributed by atoms with Crippen molar-refractivity contribution in [2.75, 3.05) is 18.0 Å². The quantitative estimate of drug-likeness (QED) is 0.681. The van der Waals surface area contributed by atoms with Gasteiger partial charge in [-0.1, -0.05) is 23.2 Å². The van der Waals surface area contributed by atoms with E-state index in [1.54, 1.807) is 12.1 Å². The molecule has 1 heterocycles. The molecule has 1 aliphatic rings. The van der Waals surface area contributed by atoms with Gasteiger partial charge in [-0.15, -0.1) is 13.2 Å². The summed E-state index contributed by atoms with van der Waals surface area (Å²) in [5, 5.41) is 0.843. The number of sulfonamides is 1. The first-order valence-corrected chi connectivity index (χ1v) is 10.9. The standard InChI is InChI=1S/C18H17Cl2F3N2O3S/c19-16-8-3-13(10-17(16)20)25-9-1-2-12(11-25)24-29(26,27)15-6-4-14(5-7-15)28-18(21,22)23/h3-8,10,12,24H,1-2,9,11H2/t12-/m1/s1. The zero-order valence-electron chi connectivity index (χ0n) is 14.9. The maximum Gasteiger partial charge on any atom is 0.573 e. The highest BCUT2D eigenvalue weighted by Gasteiger charge is 2.31. The highest BCUT2D eigenvalue weighted by atomic mass is 35.5. The van der Waals surface area contributed by atoms with Crippen molar-refractivity contribution in [1.82, 2.24) is 4.72 Å². The Kier molecular flexibility index (Phi) is 6.52. The minimum atomic E-state index is -4.84. The lowest BCUT2D eigenvalue weighted by molar-refractivity contribution is -0.274. The molecule has 0 spiro atoms. The first-order chi connectivity index (χ1) is 13.5. The second-order valence-electron chi connectivity index (χ2n) is 6.52. The second-order valence-corrected chi connectivity index (χ2v) is 9.05. The van der Waals surface area contributed by atoms with Crippen LogP contribution in [0.3, 0.4) is 0 Å². The van der Waals surface area contributed by atoms with Crippen molar-refractivity contribution < 1.29 is 26.3 Å². The molecule has 5 nitrogen and oxygen atoms in total. The minimum absolute atomic E-state index is 0.140. The van der Waals surface area contributed by atoms with E-state index in [9.17, 15) is 21.6 Å². The molecule has 1 atom stereocenters. The summed E-state index contributed by atoms with van der Waals surface area (Å²) in [5.41, 5.74) is 0.831. The average Bonchev–Trinajstić information content (AvgIpc) is 2.63. The molecule has 2 aromatic rings. The summed E-state index contributed by atoms with van der Waals surface area (Å²) in [6.45, 7) is 1.16. The molecule has 11 heteroatoms. The zero-order valence-corrected chi connectivity index (χ0v) is 17.2. The van der Waals surface area contributed by atoms with Crippen LogP contribution in [0, 0.1) is 0 Å².